The average Bonchev–Trinajstić information content (AvgIpc) is 3.83. The predicted molar refractivity (Wildman–Crippen MR) is 248 cm³/mol. The van der Waals surface area contributed by atoms with Crippen molar-refractivity contribution in [2.75, 3.05) is 11.9 Å². The number of aliphatic hydroxyl groups excluding tert-OH is 1. The van der Waals surface area contributed by atoms with Crippen molar-refractivity contribution in [3.8, 4) is 6.07 Å². The molecule has 2 aromatic heterocycles. The number of ether oxygens (including phenoxy) is 3. The van der Waals surface area contributed by atoms with E-state index in [1.807, 2.05) is 36.4 Å². The summed E-state index contributed by atoms with van der Waals surface area (Å²) in [6, 6.07) is 29.7. The smallest absolute Gasteiger partial charge is 0.408 e. The highest BCUT2D eigenvalue weighted by Crippen LogP contribution is 2.44. The Balaban J connectivity index is 1.23. The lowest BCUT2D eigenvalue weighted by Crippen LogP contribution is -2.67. The Morgan fingerprint density at radius 1 is 0.939 bits per heavy atom. The fourth-order valence-electron chi connectivity index (χ4n) is 9.27. The number of hydrogen-bond donors (Lipinski definition) is 3. The monoisotopic (exact) mass is 918 g/mol. The highest BCUT2D eigenvalue weighted by molar-refractivity contribution is 6.99. The molecule has 16 heteroatoms. The molecule has 3 N–H and O–H groups in total. The van der Waals surface area contributed by atoms with E-state index in [0.29, 0.717) is 5.56 Å². The maximum absolute atomic E-state index is 14.0. The molecule has 0 spiro atoms. The Bertz CT molecular complexity index is 2480. The number of carbonyl (C=O) groups excluding carboxylic acids is 3. The van der Waals surface area contributed by atoms with E-state index >= 15 is 0 Å². The molecule has 2 aliphatic rings. The summed E-state index contributed by atoms with van der Waals surface area (Å²) in [6.07, 6.45) is 1.30. The number of hydrogen-bond acceptors (Lipinski definition) is 11. The standard InChI is InChI=1S/C50H59FN6O8Si/c1-48(2,3)65-47(61)55-38(28-34-22-24-35(51)25-23-34)46(60)56-45-39-26-27-41(57(39)54-32-53-45)50(31-52)44(59)43(63-42(58)29-33-16-10-7-11-17-33)40(64-50)30-62-66(49(4,5)6,36-18-12-8-13-19-36)37-20-14-9-15-21-37/h8-9,12-15,18-27,32-33,38,40,43-44,59H,7,10-11,16-17,28-30H2,1-6H3,(H,55,61)(H,53,54,56,60)/t38-,40+,43+,44+,50-/m0/s1. The minimum absolute atomic E-state index is 0.0129. The number of benzene rings is 3. The summed E-state index contributed by atoms with van der Waals surface area (Å²) >= 11 is 0. The summed E-state index contributed by atoms with van der Waals surface area (Å²) < 4.78 is 40.7. The Labute approximate surface area is 386 Å². The van der Waals surface area contributed by atoms with E-state index in [0.717, 1.165) is 42.5 Å². The van der Waals surface area contributed by atoms with Gasteiger partial charge < -0.3 is 34.4 Å². The Kier molecular flexibility index (Phi) is 14.4. The fourth-order valence-corrected chi connectivity index (χ4v) is 13.8. The quantitative estimate of drug-likeness (QED) is 0.0779. The normalized spacial score (nSPS) is 20.9. The van der Waals surface area contributed by atoms with Crippen LogP contribution in [0.5, 0.6) is 0 Å². The maximum Gasteiger partial charge on any atom is 0.408 e. The number of amides is 2. The third kappa shape index (κ3) is 10.3. The minimum Gasteiger partial charge on any atom is -0.457 e. The van der Waals surface area contributed by atoms with Gasteiger partial charge in [-0.25, -0.2) is 18.7 Å². The topological polar surface area (TPSA) is 186 Å². The van der Waals surface area contributed by atoms with Gasteiger partial charge in [0.2, 0.25) is 11.5 Å². The van der Waals surface area contributed by atoms with Gasteiger partial charge in [-0.2, -0.15) is 10.4 Å². The summed E-state index contributed by atoms with van der Waals surface area (Å²) in [6.45, 7) is 11.3. The lowest BCUT2D eigenvalue weighted by atomic mass is 9.87. The molecule has 348 valence electrons. The van der Waals surface area contributed by atoms with Gasteiger partial charge in [0.05, 0.1) is 12.3 Å². The van der Waals surface area contributed by atoms with Crippen LogP contribution in [-0.4, -0.2) is 82.6 Å². The zero-order valence-electron chi connectivity index (χ0n) is 38.3. The predicted octanol–water partition coefficient (Wildman–Crippen LogP) is 6.88. The molecule has 0 radical (unpaired) electrons. The van der Waals surface area contributed by atoms with Gasteiger partial charge in [0.1, 0.15) is 47.6 Å². The van der Waals surface area contributed by atoms with E-state index < -0.39 is 72.7 Å². The van der Waals surface area contributed by atoms with Gasteiger partial charge in [0.15, 0.2) is 11.9 Å². The van der Waals surface area contributed by atoms with Crippen LogP contribution < -0.4 is 21.0 Å². The number of esters is 1. The largest absolute Gasteiger partial charge is 0.457 e. The third-order valence-corrected chi connectivity index (χ3v) is 17.4. The first kappa shape index (κ1) is 48.0. The number of nitrogens with zero attached hydrogens (tertiary/aromatic N) is 4. The van der Waals surface area contributed by atoms with Crippen LogP contribution in [0, 0.1) is 23.1 Å². The van der Waals surface area contributed by atoms with Crippen LogP contribution in [-0.2, 0) is 40.2 Å². The van der Waals surface area contributed by atoms with Gasteiger partial charge >= 0.3 is 12.1 Å². The van der Waals surface area contributed by atoms with Gasteiger partial charge in [-0.15, -0.1) is 0 Å². The van der Waals surface area contributed by atoms with Crippen molar-refractivity contribution in [2.45, 2.75) is 127 Å². The van der Waals surface area contributed by atoms with Crippen molar-refractivity contribution in [3.05, 3.63) is 120 Å². The fraction of sp³-hybridized carbons (Fsp3) is 0.440. The number of carbonyl (C=O) groups is 3. The molecule has 7 rings (SSSR count). The van der Waals surface area contributed by atoms with Crippen LogP contribution in [0.1, 0.15) is 91.3 Å². The zero-order chi connectivity index (χ0) is 47.3. The first-order valence-corrected chi connectivity index (χ1v) is 24.4. The number of alkyl carbamates (subject to hydrolysis) is 1. The van der Waals surface area contributed by atoms with Gasteiger partial charge in [0.25, 0.3) is 8.32 Å². The van der Waals surface area contributed by atoms with Gasteiger partial charge in [0, 0.05) is 12.8 Å². The van der Waals surface area contributed by atoms with Crippen molar-refractivity contribution in [1.29, 1.82) is 5.26 Å². The molecule has 2 amide bonds. The summed E-state index contributed by atoms with van der Waals surface area (Å²) in [7, 11) is -3.19. The minimum atomic E-state index is -3.19. The Morgan fingerprint density at radius 2 is 1.58 bits per heavy atom. The number of halogens is 1. The van der Waals surface area contributed by atoms with Crippen LogP contribution in [0.2, 0.25) is 5.04 Å². The second kappa shape index (κ2) is 19.9. The van der Waals surface area contributed by atoms with Crippen LogP contribution in [0.4, 0.5) is 15.0 Å². The van der Waals surface area contributed by atoms with Crippen molar-refractivity contribution >= 4 is 48.0 Å². The van der Waals surface area contributed by atoms with Gasteiger partial charge in [-0.1, -0.05) is 113 Å². The molecule has 3 aromatic carbocycles. The van der Waals surface area contributed by atoms with Crippen LogP contribution in [0.15, 0.2) is 103 Å². The number of fused-ring (bicyclic) bond motifs is 1. The van der Waals surface area contributed by atoms with Crippen LogP contribution in [0.25, 0.3) is 5.52 Å². The Hall–Kier alpha value is -5.99. The Morgan fingerprint density at radius 3 is 2.17 bits per heavy atom. The van der Waals surface area contributed by atoms with Crippen LogP contribution in [0.3, 0.4) is 0 Å². The summed E-state index contributed by atoms with van der Waals surface area (Å²) in [4.78, 5) is 45.1. The van der Waals surface area contributed by atoms with E-state index in [2.05, 4.69) is 71.8 Å². The van der Waals surface area contributed by atoms with E-state index in [4.69, 9.17) is 18.6 Å². The molecule has 1 saturated heterocycles. The number of rotatable bonds is 14. The molecule has 66 heavy (non-hydrogen) atoms. The van der Waals surface area contributed by atoms with E-state index in [1.54, 1.807) is 26.8 Å². The summed E-state index contributed by atoms with van der Waals surface area (Å²) in [5.74, 6) is -1.47. The molecule has 1 aliphatic heterocycles. The molecule has 0 bridgehead atoms. The number of aromatic nitrogens is 3. The first-order valence-electron chi connectivity index (χ1n) is 22.5. The van der Waals surface area contributed by atoms with Crippen molar-refractivity contribution in [3.63, 3.8) is 0 Å². The molecule has 1 aliphatic carbocycles. The second-order valence-corrected chi connectivity index (χ2v) is 23.5. The maximum atomic E-state index is 14.0. The third-order valence-electron chi connectivity index (χ3n) is 12.4. The average molecular weight is 919 g/mol. The number of aliphatic hydroxyl groups is 1. The van der Waals surface area contributed by atoms with Gasteiger partial charge in [-0.3, -0.25) is 9.59 Å². The van der Waals surface area contributed by atoms with Gasteiger partial charge in [-0.05, 0) is 84.8 Å². The molecular formula is C50H59FN6O8Si. The van der Waals surface area contributed by atoms with Crippen molar-refractivity contribution < 1.29 is 42.5 Å². The van der Waals surface area contributed by atoms with E-state index in [-0.39, 0.29) is 42.4 Å². The van der Waals surface area contributed by atoms with Crippen LogP contribution >= 0.6 is 0 Å². The molecule has 5 atom stereocenters. The summed E-state index contributed by atoms with van der Waals surface area (Å²) in [5.41, 5.74) is -2.13. The first-order chi connectivity index (χ1) is 31.4. The lowest BCUT2D eigenvalue weighted by Gasteiger charge is -2.43. The lowest BCUT2D eigenvalue weighted by molar-refractivity contribution is -0.157. The zero-order valence-corrected chi connectivity index (χ0v) is 39.3. The van der Waals surface area contributed by atoms with Crippen molar-refractivity contribution in [1.82, 2.24) is 19.9 Å². The molecule has 2 fully saturated rings. The molecule has 14 nitrogen and oxygen atoms in total. The highest BCUT2D eigenvalue weighted by atomic mass is 28.4. The molecule has 3 heterocycles. The molecular weight excluding hydrogens is 860 g/mol. The SMILES string of the molecule is CC(C)(C)OC(=O)N[C@@H](Cc1ccc(F)cc1)C(=O)Nc1ncnn2c([C@]3(C#N)O[C@H](CO[Si](c4ccccc4)(c4ccccc4)C(C)(C)C)[C@@H](OC(=O)CC4CCCCC4)[C@H]3O)ccc12. The molecule has 5 aromatic rings. The molecule has 1 saturated carbocycles. The van der Waals surface area contributed by atoms with E-state index in [9.17, 15) is 29.1 Å². The second-order valence-electron chi connectivity index (χ2n) is 19.2. The summed E-state index contributed by atoms with van der Waals surface area (Å²) in [5, 5.41) is 35.0. The highest BCUT2D eigenvalue weighted by Gasteiger charge is 2.61. The van der Waals surface area contributed by atoms with E-state index in [1.165, 1.54) is 41.2 Å². The van der Waals surface area contributed by atoms with Crippen molar-refractivity contribution in [2.24, 2.45) is 5.92 Å². The number of nitrogens with one attached hydrogen (secondary N) is 2. The number of nitriles is 1. The number of anilines is 1. The molecule has 0 unspecified atom stereocenters.